The predicted octanol–water partition coefficient (Wildman–Crippen LogP) is 0.824. The third-order valence-corrected chi connectivity index (χ3v) is 6.58. The van der Waals surface area contributed by atoms with Crippen molar-refractivity contribution in [1.29, 1.82) is 5.26 Å². The number of amides is 1. The molecule has 1 spiro atoms. The number of aliphatic hydroxyl groups excluding tert-OH is 1. The number of carbonyl (C=O) groups excluding carboxylic acids is 2. The molecule has 8 heteroatoms. The third-order valence-electron chi connectivity index (χ3n) is 6.58. The number of benzene rings is 1. The molecule has 1 amide bonds. The fourth-order valence-corrected chi connectivity index (χ4v) is 5.39. The lowest BCUT2D eigenvalue weighted by atomic mass is 9.64. The van der Waals surface area contributed by atoms with Crippen molar-refractivity contribution < 1.29 is 28.6 Å². The second kappa shape index (κ2) is 5.13. The number of fused-ring (bicyclic) bond motifs is 2. The Bertz CT molecular complexity index is 929. The first-order chi connectivity index (χ1) is 12.9. The Hall–Kier alpha value is -2.34. The van der Waals surface area contributed by atoms with Gasteiger partial charge in [0.05, 0.1) is 30.1 Å². The Morgan fingerprint density at radius 2 is 2.22 bits per heavy atom. The van der Waals surface area contributed by atoms with Gasteiger partial charge in [-0.25, -0.2) is 4.39 Å². The molecule has 4 fully saturated rings. The Balaban J connectivity index is 1.64. The number of Topliss-reactive ketones (excluding diaryl/α,β-unsaturated/α-hetero) is 1. The molecule has 4 heterocycles. The van der Waals surface area contributed by atoms with E-state index in [-0.39, 0.29) is 23.6 Å². The van der Waals surface area contributed by atoms with Gasteiger partial charge in [0.15, 0.2) is 5.78 Å². The van der Waals surface area contributed by atoms with Crippen molar-refractivity contribution in [2.24, 2.45) is 11.8 Å². The van der Waals surface area contributed by atoms with E-state index < -0.39 is 47.8 Å². The average molecular weight is 372 g/mol. The first-order valence-electron chi connectivity index (χ1n) is 8.85. The molecule has 0 unspecified atom stereocenters. The molecule has 0 aromatic heterocycles. The first-order valence-corrected chi connectivity index (χ1v) is 8.85. The van der Waals surface area contributed by atoms with Crippen LogP contribution in [0, 0.1) is 23.2 Å². The Morgan fingerprint density at radius 1 is 1.44 bits per heavy atom. The van der Waals surface area contributed by atoms with Crippen LogP contribution in [0.15, 0.2) is 18.2 Å². The maximum atomic E-state index is 13.3. The number of ether oxygens (including phenoxy) is 2. The Kier molecular flexibility index (Phi) is 3.19. The standard InChI is InChI=1S/C19H17FN2O5/c1-18-12-13-17(26-5-4-19(13,27-18)15(24)14(18)23)22(16(12)25)11-3-2-9(8-21)10(6-11)7-20/h2-3,6,12-14,17,23H,4-5,7H2,1H3/t12-,13+,14-,17+,18+,19-/m1/s1. The largest absolute Gasteiger partial charge is 0.382 e. The van der Waals surface area contributed by atoms with Gasteiger partial charge in [0.2, 0.25) is 5.91 Å². The van der Waals surface area contributed by atoms with Crippen molar-refractivity contribution in [3.8, 4) is 6.07 Å². The minimum absolute atomic E-state index is 0.187. The Labute approximate surface area is 154 Å². The molecule has 0 saturated carbocycles. The molecular formula is C19H17FN2O5. The normalized spacial score (nSPS) is 41.8. The number of carbonyl (C=O) groups is 2. The molecule has 5 rings (SSSR count). The predicted molar refractivity (Wildman–Crippen MR) is 88.0 cm³/mol. The van der Waals surface area contributed by atoms with Gasteiger partial charge in [0.25, 0.3) is 0 Å². The third kappa shape index (κ3) is 1.75. The first kappa shape index (κ1) is 16.8. The van der Waals surface area contributed by atoms with Gasteiger partial charge in [0, 0.05) is 17.7 Å². The van der Waals surface area contributed by atoms with Crippen molar-refractivity contribution >= 4 is 17.4 Å². The SMILES string of the molecule is C[C@]12O[C@@]3(CCO[C@H]4[C@@H]3[C@@H]1C(=O)N4c1ccc(C#N)c(CF)c1)C(=O)[C@H]2O. The number of hydrogen-bond acceptors (Lipinski definition) is 6. The molecular weight excluding hydrogens is 355 g/mol. The summed E-state index contributed by atoms with van der Waals surface area (Å²) in [6.45, 7) is 0.967. The molecule has 2 bridgehead atoms. The highest BCUT2D eigenvalue weighted by atomic mass is 19.1. The summed E-state index contributed by atoms with van der Waals surface area (Å²) in [6, 6.07) is 6.43. The minimum atomic E-state index is -1.36. The van der Waals surface area contributed by atoms with Gasteiger partial charge in [-0.15, -0.1) is 0 Å². The van der Waals surface area contributed by atoms with Crippen molar-refractivity contribution in [1.82, 2.24) is 0 Å². The van der Waals surface area contributed by atoms with Crippen LogP contribution in [0.2, 0.25) is 0 Å². The molecule has 4 aliphatic heterocycles. The number of rotatable bonds is 2. The van der Waals surface area contributed by atoms with Crippen LogP contribution >= 0.6 is 0 Å². The topological polar surface area (TPSA) is 99.9 Å². The summed E-state index contributed by atoms with van der Waals surface area (Å²) in [6.07, 6.45) is -1.79. The zero-order chi connectivity index (χ0) is 19.1. The number of ketones is 1. The maximum Gasteiger partial charge on any atom is 0.235 e. The van der Waals surface area contributed by atoms with Crippen LogP contribution in [0.1, 0.15) is 24.5 Å². The van der Waals surface area contributed by atoms with E-state index in [1.54, 1.807) is 13.0 Å². The van der Waals surface area contributed by atoms with Gasteiger partial charge in [-0.1, -0.05) is 0 Å². The number of alkyl halides is 1. The van der Waals surface area contributed by atoms with E-state index in [1.807, 2.05) is 6.07 Å². The van der Waals surface area contributed by atoms with E-state index in [0.29, 0.717) is 12.1 Å². The lowest BCUT2D eigenvalue weighted by Gasteiger charge is -2.41. The van der Waals surface area contributed by atoms with Crippen LogP contribution in [0.3, 0.4) is 0 Å². The van der Waals surface area contributed by atoms with Gasteiger partial charge in [-0.3, -0.25) is 14.5 Å². The molecule has 0 radical (unpaired) electrons. The molecule has 0 aliphatic carbocycles. The van der Waals surface area contributed by atoms with E-state index >= 15 is 0 Å². The average Bonchev–Trinajstić information content (AvgIpc) is 3.21. The van der Waals surface area contributed by atoms with E-state index in [4.69, 9.17) is 14.7 Å². The molecule has 6 atom stereocenters. The van der Waals surface area contributed by atoms with Gasteiger partial charge in [-0.2, -0.15) is 5.26 Å². The summed E-state index contributed by atoms with van der Waals surface area (Å²) in [5, 5.41) is 19.6. The van der Waals surface area contributed by atoms with Crippen LogP contribution in [-0.4, -0.2) is 46.9 Å². The Morgan fingerprint density at radius 3 is 2.93 bits per heavy atom. The maximum absolute atomic E-state index is 13.3. The summed E-state index contributed by atoms with van der Waals surface area (Å²) in [5.74, 6) is -1.96. The quantitative estimate of drug-likeness (QED) is 0.825. The van der Waals surface area contributed by atoms with E-state index in [9.17, 15) is 19.1 Å². The number of hydrogen-bond donors (Lipinski definition) is 1. The fraction of sp³-hybridized carbons (Fsp3) is 0.526. The molecule has 7 nitrogen and oxygen atoms in total. The molecule has 27 heavy (non-hydrogen) atoms. The van der Waals surface area contributed by atoms with Crippen LogP contribution in [0.5, 0.6) is 0 Å². The van der Waals surface area contributed by atoms with Gasteiger partial charge >= 0.3 is 0 Å². The van der Waals surface area contributed by atoms with E-state index in [1.165, 1.54) is 17.0 Å². The molecule has 140 valence electrons. The summed E-state index contributed by atoms with van der Waals surface area (Å²) in [7, 11) is 0. The molecule has 1 aromatic carbocycles. The van der Waals surface area contributed by atoms with E-state index in [0.717, 1.165) is 0 Å². The monoisotopic (exact) mass is 372 g/mol. The smallest absolute Gasteiger partial charge is 0.235 e. The molecule has 4 aliphatic rings. The molecule has 1 aromatic rings. The number of aliphatic hydroxyl groups is 1. The summed E-state index contributed by atoms with van der Waals surface area (Å²) < 4.78 is 25.2. The van der Waals surface area contributed by atoms with Crippen molar-refractivity contribution in [2.75, 3.05) is 11.5 Å². The van der Waals surface area contributed by atoms with Gasteiger partial charge in [0.1, 0.15) is 30.2 Å². The van der Waals surface area contributed by atoms with Crippen LogP contribution < -0.4 is 4.90 Å². The zero-order valence-electron chi connectivity index (χ0n) is 14.5. The zero-order valence-corrected chi connectivity index (χ0v) is 14.5. The second-order valence-corrected chi connectivity index (χ2v) is 7.75. The number of nitrogens with zero attached hydrogens (tertiary/aromatic N) is 2. The number of anilines is 1. The number of halogens is 1. The second-order valence-electron chi connectivity index (χ2n) is 7.75. The lowest BCUT2D eigenvalue weighted by molar-refractivity contribution is -0.158. The summed E-state index contributed by atoms with van der Waals surface area (Å²) >= 11 is 0. The van der Waals surface area contributed by atoms with E-state index in [2.05, 4.69) is 0 Å². The van der Waals surface area contributed by atoms with Crippen LogP contribution in [0.25, 0.3) is 0 Å². The highest BCUT2D eigenvalue weighted by Gasteiger charge is 2.81. The lowest BCUT2D eigenvalue weighted by Crippen LogP contribution is -2.59. The van der Waals surface area contributed by atoms with Crippen molar-refractivity contribution in [2.45, 2.75) is 43.6 Å². The van der Waals surface area contributed by atoms with Crippen molar-refractivity contribution in [3.63, 3.8) is 0 Å². The van der Waals surface area contributed by atoms with Crippen LogP contribution in [-0.2, 0) is 25.7 Å². The van der Waals surface area contributed by atoms with Crippen molar-refractivity contribution in [3.05, 3.63) is 29.3 Å². The fourth-order valence-electron chi connectivity index (χ4n) is 5.39. The number of nitriles is 1. The van der Waals surface area contributed by atoms with Gasteiger partial charge < -0.3 is 14.6 Å². The summed E-state index contributed by atoms with van der Waals surface area (Å²) in [4.78, 5) is 27.5. The van der Waals surface area contributed by atoms with Gasteiger partial charge in [-0.05, 0) is 25.1 Å². The highest BCUT2D eigenvalue weighted by Crippen LogP contribution is 2.63. The molecule has 4 saturated heterocycles. The summed E-state index contributed by atoms with van der Waals surface area (Å²) in [5.41, 5.74) is -1.72. The van der Waals surface area contributed by atoms with Crippen LogP contribution in [0.4, 0.5) is 10.1 Å². The molecule has 1 N–H and O–H groups in total. The highest BCUT2D eigenvalue weighted by molar-refractivity contribution is 6.06. The minimum Gasteiger partial charge on any atom is -0.382 e.